The number of nitrogens with two attached hydrogens (primary N) is 1. The first-order chi connectivity index (χ1) is 6.10. The fourth-order valence-corrected chi connectivity index (χ4v) is 2.06. The molecule has 1 aliphatic carbocycles. The van der Waals surface area contributed by atoms with Gasteiger partial charge in [0.25, 0.3) is 0 Å². The molecule has 13 heavy (non-hydrogen) atoms. The maximum atomic E-state index is 9.21. The van der Waals surface area contributed by atoms with Crippen molar-refractivity contribution in [3.8, 4) is 0 Å². The van der Waals surface area contributed by atoms with Gasteiger partial charge in [0.15, 0.2) is 0 Å². The lowest BCUT2D eigenvalue weighted by molar-refractivity contribution is 0.0209. The zero-order valence-corrected chi connectivity index (χ0v) is 8.79. The topological polar surface area (TPSA) is 46.2 Å². The minimum Gasteiger partial charge on any atom is -0.393 e. The van der Waals surface area contributed by atoms with Crippen molar-refractivity contribution in [1.29, 1.82) is 0 Å². The fraction of sp³-hybridized carbons (Fsp3) is 0.400. The van der Waals surface area contributed by atoms with Gasteiger partial charge in [-0.3, -0.25) is 0 Å². The van der Waals surface area contributed by atoms with Gasteiger partial charge in [-0.15, -0.1) is 0 Å². The molecule has 2 rings (SSSR count). The van der Waals surface area contributed by atoms with Gasteiger partial charge in [-0.1, -0.05) is 28.1 Å². The Bertz CT molecular complexity index is 303. The van der Waals surface area contributed by atoms with Gasteiger partial charge in [-0.25, -0.2) is 0 Å². The Balaban J connectivity index is 2.22. The van der Waals surface area contributed by atoms with E-state index < -0.39 is 0 Å². The molecular weight excluding hydrogens is 230 g/mol. The number of benzene rings is 1. The molecule has 3 N–H and O–H groups in total. The third kappa shape index (κ3) is 1.64. The summed E-state index contributed by atoms with van der Waals surface area (Å²) in [5.41, 5.74) is 6.91. The van der Waals surface area contributed by atoms with E-state index in [-0.39, 0.29) is 11.6 Å². The molecule has 0 atom stereocenters. The van der Waals surface area contributed by atoms with E-state index in [0.717, 1.165) is 10.0 Å². The molecule has 0 amide bonds. The molecule has 70 valence electrons. The van der Waals surface area contributed by atoms with Gasteiger partial charge in [0.1, 0.15) is 0 Å². The Kier molecular flexibility index (Phi) is 2.18. The molecule has 0 unspecified atom stereocenters. The lowest BCUT2D eigenvalue weighted by atomic mass is 9.71. The van der Waals surface area contributed by atoms with Crippen LogP contribution in [0.25, 0.3) is 0 Å². The molecule has 1 fully saturated rings. The van der Waals surface area contributed by atoms with Gasteiger partial charge >= 0.3 is 0 Å². The van der Waals surface area contributed by atoms with Crippen LogP contribution in [0.15, 0.2) is 28.7 Å². The second-order valence-electron chi connectivity index (χ2n) is 3.73. The normalized spacial score (nSPS) is 32.7. The number of aliphatic hydroxyl groups is 1. The molecule has 1 saturated carbocycles. The Morgan fingerprint density at radius 2 is 1.85 bits per heavy atom. The summed E-state index contributed by atoms with van der Waals surface area (Å²) in [6.07, 6.45) is 1.14. The van der Waals surface area contributed by atoms with Crippen molar-refractivity contribution in [2.24, 2.45) is 5.73 Å². The standard InChI is InChI=1S/C10H12BrNO/c11-8-3-1-7(2-4-8)10(12)5-9(13)6-10/h1-4,9,13H,5-6,12H2/t9-,10-. The van der Waals surface area contributed by atoms with Gasteiger partial charge in [0.2, 0.25) is 0 Å². The van der Waals surface area contributed by atoms with Crippen LogP contribution in [0, 0.1) is 0 Å². The minimum absolute atomic E-state index is 0.214. The first-order valence-corrected chi connectivity index (χ1v) is 5.12. The number of halogens is 1. The van der Waals surface area contributed by atoms with E-state index in [9.17, 15) is 5.11 Å². The summed E-state index contributed by atoms with van der Waals surface area (Å²) in [6, 6.07) is 7.98. The van der Waals surface area contributed by atoms with E-state index in [1.165, 1.54) is 0 Å². The molecule has 2 nitrogen and oxygen atoms in total. The van der Waals surface area contributed by atoms with Gasteiger partial charge in [0.05, 0.1) is 6.10 Å². The Morgan fingerprint density at radius 1 is 1.31 bits per heavy atom. The molecule has 3 heteroatoms. The Morgan fingerprint density at radius 3 is 2.31 bits per heavy atom. The van der Waals surface area contributed by atoms with Gasteiger partial charge in [-0.05, 0) is 30.5 Å². The highest BCUT2D eigenvalue weighted by Crippen LogP contribution is 2.39. The number of hydrogen-bond acceptors (Lipinski definition) is 2. The third-order valence-electron chi connectivity index (χ3n) is 2.62. The molecule has 0 saturated heterocycles. The summed E-state index contributed by atoms with van der Waals surface area (Å²) in [7, 11) is 0. The van der Waals surface area contributed by atoms with Crippen LogP contribution in [0.3, 0.4) is 0 Å². The van der Waals surface area contributed by atoms with Crippen molar-refractivity contribution >= 4 is 15.9 Å². The second-order valence-corrected chi connectivity index (χ2v) is 4.64. The quantitative estimate of drug-likeness (QED) is 0.788. The zero-order valence-electron chi connectivity index (χ0n) is 7.20. The molecule has 1 aromatic rings. The van der Waals surface area contributed by atoms with Crippen LogP contribution >= 0.6 is 15.9 Å². The summed E-state index contributed by atoms with van der Waals surface area (Å²) in [4.78, 5) is 0. The van der Waals surface area contributed by atoms with Crippen LogP contribution in [0.2, 0.25) is 0 Å². The Labute approximate surface area is 85.9 Å². The van der Waals surface area contributed by atoms with Crippen molar-refractivity contribution in [3.63, 3.8) is 0 Å². The number of hydrogen-bond donors (Lipinski definition) is 2. The van der Waals surface area contributed by atoms with E-state index in [2.05, 4.69) is 15.9 Å². The second kappa shape index (κ2) is 3.08. The van der Waals surface area contributed by atoms with E-state index in [0.29, 0.717) is 12.8 Å². The average molecular weight is 242 g/mol. The predicted molar refractivity (Wildman–Crippen MR) is 55.2 cm³/mol. The van der Waals surface area contributed by atoms with E-state index in [1.807, 2.05) is 24.3 Å². The first kappa shape index (κ1) is 9.19. The third-order valence-corrected chi connectivity index (χ3v) is 3.15. The highest BCUT2D eigenvalue weighted by atomic mass is 79.9. The molecular formula is C10H12BrNO. The summed E-state index contributed by atoms with van der Waals surface area (Å²) >= 11 is 3.37. The summed E-state index contributed by atoms with van der Waals surface area (Å²) < 4.78 is 1.06. The van der Waals surface area contributed by atoms with Crippen LogP contribution in [0.1, 0.15) is 18.4 Å². The highest BCUT2D eigenvalue weighted by molar-refractivity contribution is 9.10. The lowest BCUT2D eigenvalue weighted by Gasteiger charge is -2.42. The fourth-order valence-electron chi connectivity index (χ4n) is 1.80. The van der Waals surface area contributed by atoms with Crippen molar-refractivity contribution in [3.05, 3.63) is 34.3 Å². The minimum atomic E-state index is -0.292. The molecule has 0 heterocycles. The monoisotopic (exact) mass is 241 g/mol. The van der Waals surface area contributed by atoms with E-state index >= 15 is 0 Å². The molecule has 0 bridgehead atoms. The maximum Gasteiger partial charge on any atom is 0.0582 e. The maximum absolute atomic E-state index is 9.21. The van der Waals surface area contributed by atoms with Crippen LogP contribution in [0.5, 0.6) is 0 Å². The summed E-state index contributed by atoms with van der Waals surface area (Å²) in [5, 5.41) is 9.21. The predicted octanol–water partition coefficient (Wildman–Crippen LogP) is 1.76. The number of aliphatic hydroxyl groups excluding tert-OH is 1. The molecule has 0 aromatic heterocycles. The summed E-state index contributed by atoms with van der Waals surface area (Å²) in [5.74, 6) is 0. The SMILES string of the molecule is N[C@]1(c2ccc(Br)cc2)C[C@@H](O)C1. The van der Waals surface area contributed by atoms with Crippen molar-refractivity contribution in [2.75, 3.05) is 0 Å². The van der Waals surface area contributed by atoms with Gasteiger partial charge in [0, 0.05) is 10.0 Å². The van der Waals surface area contributed by atoms with E-state index in [4.69, 9.17) is 5.73 Å². The largest absolute Gasteiger partial charge is 0.393 e. The van der Waals surface area contributed by atoms with E-state index in [1.54, 1.807) is 0 Å². The lowest BCUT2D eigenvalue weighted by Crippen LogP contribution is -2.51. The van der Waals surface area contributed by atoms with Gasteiger partial charge in [-0.2, -0.15) is 0 Å². The molecule has 1 aliphatic rings. The Hall–Kier alpha value is -0.380. The highest BCUT2D eigenvalue weighted by Gasteiger charge is 2.41. The van der Waals surface area contributed by atoms with Crippen LogP contribution in [0.4, 0.5) is 0 Å². The van der Waals surface area contributed by atoms with Crippen molar-refractivity contribution < 1.29 is 5.11 Å². The van der Waals surface area contributed by atoms with Crippen LogP contribution in [-0.4, -0.2) is 11.2 Å². The van der Waals surface area contributed by atoms with Crippen LogP contribution in [-0.2, 0) is 5.54 Å². The zero-order chi connectivity index (χ0) is 9.47. The van der Waals surface area contributed by atoms with Crippen molar-refractivity contribution in [2.45, 2.75) is 24.5 Å². The van der Waals surface area contributed by atoms with Crippen molar-refractivity contribution in [1.82, 2.24) is 0 Å². The molecule has 0 spiro atoms. The average Bonchev–Trinajstić information content (AvgIpc) is 2.03. The first-order valence-electron chi connectivity index (χ1n) is 4.33. The van der Waals surface area contributed by atoms with Gasteiger partial charge < -0.3 is 10.8 Å². The molecule has 0 aliphatic heterocycles. The smallest absolute Gasteiger partial charge is 0.0582 e. The molecule has 0 radical (unpaired) electrons. The van der Waals surface area contributed by atoms with Crippen LogP contribution < -0.4 is 5.73 Å². The summed E-state index contributed by atoms with van der Waals surface area (Å²) in [6.45, 7) is 0. The number of rotatable bonds is 1. The molecule has 1 aromatic carbocycles.